The molecule has 3 aromatic rings. The van der Waals surface area contributed by atoms with Gasteiger partial charge in [0.1, 0.15) is 5.75 Å². The van der Waals surface area contributed by atoms with Crippen LogP contribution in [0.3, 0.4) is 0 Å². The van der Waals surface area contributed by atoms with E-state index in [1.54, 1.807) is 24.3 Å². The Kier molecular flexibility index (Phi) is 4.88. The van der Waals surface area contributed by atoms with Gasteiger partial charge in [0, 0.05) is 16.7 Å². The van der Waals surface area contributed by atoms with E-state index in [1.807, 2.05) is 25.1 Å². The van der Waals surface area contributed by atoms with Gasteiger partial charge in [-0.3, -0.25) is 4.79 Å². The van der Waals surface area contributed by atoms with E-state index in [1.165, 1.54) is 11.8 Å². The number of imidazole rings is 1. The van der Waals surface area contributed by atoms with Gasteiger partial charge in [-0.2, -0.15) is 0 Å². The number of nitrogens with zero attached hydrogens (tertiary/aromatic N) is 1. The van der Waals surface area contributed by atoms with E-state index in [2.05, 4.69) is 9.97 Å². The normalized spacial score (nSPS) is 10.9. The number of aromatic nitrogens is 2. The number of nitrogens with one attached hydrogen (secondary N) is 1. The lowest BCUT2D eigenvalue weighted by atomic mass is 10.1. The third-order valence-electron chi connectivity index (χ3n) is 3.25. The fraction of sp³-hybridized carbons (Fsp3) is 0.176. The first-order chi connectivity index (χ1) is 11.2. The Morgan fingerprint density at radius 1 is 1.26 bits per heavy atom. The van der Waals surface area contributed by atoms with E-state index >= 15 is 0 Å². The minimum absolute atomic E-state index is 0.0436. The lowest BCUT2D eigenvalue weighted by Crippen LogP contribution is -2.02. The maximum absolute atomic E-state index is 12.2. The first-order valence-electron chi connectivity index (χ1n) is 7.20. The zero-order valence-corrected chi connectivity index (χ0v) is 14.1. The largest absolute Gasteiger partial charge is 0.494 e. The van der Waals surface area contributed by atoms with Gasteiger partial charge >= 0.3 is 0 Å². The van der Waals surface area contributed by atoms with Crippen LogP contribution in [-0.2, 0) is 0 Å². The highest BCUT2D eigenvalue weighted by molar-refractivity contribution is 7.99. The van der Waals surface area contributed by atoms with Crippen LogP contribution in [0, 0.1) is 0 Å². The van der Waals surface area contributed by atoms with Gasteiger partial charge in [0.15, 0.2) is 10.9 Å². The molecule has 0 bridgehead atoms. The molecule has 0 aliphatic carbocycles. The molecule has 0 spiro atoms. The van der Waals surface area contributed by atoms with Gasteiger partial charge in [-0.05, 0) is 43.3 Å². The number of hydrogen-bond donors (Lipinski definition) is 1. The molecule has 0 fully saturated rings. The van der Waals surface area contributed by atoms with E-state index in [0.717, 1.165) is 21.9 Å². The molecule has 0 amide bonds. The zero-order chi connectivity index (χ0) is 16.2. The number of rotatable bonds is 6. The summed E-state index contributed by atoms with van der Waals surface area (Å²) in [6.45, 7) is 2.57. The summed E-state index contributed by atoms with van der Waals surface area (Å²) in [6.07, 6.45) is 0. The van der Waals surface area contributed by atoms with E-state index < -0.39 is 0 Å². The van der Waals surface area contributed by atoms with Crippen LogP contribution in [0.5, 0.6) is 5.75 Å². The summed E-state index contributed by atoms with van der Waals surface area (Å²) in [4.78, 5) is 19.8. The van der Waals surface area contributed by atoms with Gasteiger partial charge in [0.2, 0.25) is 0 Å². The zero-order valence-electron chi connectivity index (χ0n) is 12.5. The molecule has 2 aromatic carbocycles. The molecule has 0 saturated carbocycles. The van der Waals surface area contributed by atoms with E-state index in [4.69, 9.17) is 16.3 Å². The Morgan fingerprint density at radius 2 is 2.04 bits per heavy atom. The van der Waals surface area contributed by atoms with Gasteiger partial charge in [0.25, 0.3) is 0 Å². The molecule has 0 saturated heterocycles. The summed E-state index contributed by atoms with van der Waals surface area (Å²) >= 11 is 7.21. The van der Waals surface area contributed by atoms with Gasteiger partial charge in [-0.1, -0.05) is 23.4 Å². The van der Waals surface area contributed by atoms with Crippen molar-refractivity contribution in [3.8, 4) is 5.75 Å². The molecule has 118 valence electrons. The molecule has 0 radical (unpaired) electrons. The minimum Gasteiger partial charge on any atom is -0.494 e. The first kappa shape index (κ1) is 15.9. The highest BCUT2D eigenvalue weighted by atomic mass is 35.5. The van der Waals surface area contributed by atoms with E-state index in [-0.39, 0.29) is 5.78 Å². The molecular formula is C17H15ClN2O2S. The molecule has 1 heterocycles. The highest BCUT2D eigenvalue weighted by Crippen LogP contribution is 2.24. The van der Waals surface area contributed by atoms with Gasteiger partial charge in [0.05, 0.1) is 23.4 Å². The predicted octanol–water partition coefficient (Wildman–Crippen LogP) is 4.59. The van der Waals surface area contributed by atoms with Crippen LogP contribution in [-0.4, -0.2) is 28.1 Å². The first-order valence-corrected chi connectivity index (χ1v) is 8.56. The van der Waals surface area contributed by atoms with Crippen LogP contribution < -0.4 is 4.74 Å². The van der Waals surface area contributed by atoms with Crippen molar-refractivity contribution in [2.75, 3.05) is 12.4 Å². The van der Waals surface area contributed by atoms with E-state index in [0.29, 0.717) is 22.9 Å². The summed E-state index contributed by atoms with van der Waals surface area (Å²) in [6, 6.07) is 12.6. The summed E-state index contributed by atoms with van der Waals surface area (Å²) in [5.74, 6) is 1.17. The second-order valence-corrected chi connectivity index (χ2v) is 6.27. The van der Waals surface area contributed by atoms with Crippen molar-refractivity contribution in [3.05, 3.63) is 53.1 Å². The monoisotopic (exact) mass is 346 g/mol. The number of fused-ring (bicyclic) bond motifs is 1. The standard InChI is InChI=1S/C17H15ClN2O2S/c1-2-22-13-7-8-14-15(9-13)20-17(19-14)23-10-16(21)11-3-5-12(18)6-4-11/h3-9H,2,10H2,1H3,(H,19,20). The fourth-order valence-corrected chi connectivity index (χ4v) is 3.05. The summed E-state index contributed by atoms with van der Waals surface area (Å²) in [5, 5.41) is 1.34. The molecule has 4 nitrogen and oxygen atoms in total. The lowest BCUT2D eigenvalue weighted by Gasteiger charge is -2.00. The van der Waals surface area contributed by atoms with Crippen LogP contribution in [0.2, 0.25) is 5.02 Å². The third-order valence-corrected chi connectivity index (χ3v) is 4.37. The molecule has 1 aromatic heterocycles. The Bertz CT molecular complexity index is 830. The number of aromatic amines is 1. The average Bonchev–Trinajstić information content (AvgIpc) is 2.96. The number of benzene rings is 2. The fourth-order valence-electron chi connectivity index (χ4n) is 2.14. The van der Waals surface area contributed by atoms with Crippen molar-refractivity contribution in [1.29, 1.82) is 0 Å². The molecular weight excluding hydrogens is 332 g/mol. The Morgan fingerprint density at radius 3 is 2.78 bits per heavy atom. The highest BCUT2D eigenvalue weighted by Gasteiger charge is 2.10. The summed E-state index contributed by atoms with van der Waals surface area (Å²) in [5.41, 5.74) is 2.41. The number of thioether (sulfide) groups is 1. The number of halogens is 1. The molecule has 0 unspecified atom stereocenters. The number of hydrogen-bond acceptors (Lipinski definition) is 4. The number of carbonyl (C=O) groups is 1. The molecule has 23 heavy (non-hydrogen) atoms. The predicted molar refractivity (Wildman–Crippen MR) is 93.8 cm³/mol. The van der Waals surface area contributed by atoms with Crippen molar-refractivity contribution < 1.29 is 9.53 Å². The van der Waals surface area contributed by atoms with Crippen molar-refractivity contribution >= 4 is 40.2 Å². The second-order valence-electron chi connectivity index (χ2n) is 4.87. The van der Waals surface area contributed by atoms with Crippen molar-refractivity contribution in [3.63, 3.8) is 0 Å². The van der Waals surface area contributed by atoms with Gasteiger partial charge in [-0.25, -0.2) is 4.98 Å². The molecule has 6 heteroatoms. The average molecular weight is 347 g/mol. The summed E-state index contributed by atoms with van der Waals surface area (Å²) < 4.78 is 5.47. The smallest absolute Gasteiger partial charge is 0.173 e. The van der Waals surface area contributed by atoms with Crippen LogP contribution in [0.1, 0.15) is 17.3 Å². The Balaban J connectivity index is 1.69. The maximum atomic E-state index is 12.2. The third kappa shape index (κ3) is 3.86. The number of ether oxygens (including phenoxy) is 1. The molecule has 0 atom stereocenters. The maximum Gasteiger partial charge on any atom is 0.173 e. The van der Waals surface area contributed by atoms with Crippen LogP contribution in [0.25, 0.3) is 11.0 Å². The molecule has 1 N–H and O–H groups in total. The second kappa shape index (κ2) is 7.06. The molecule has 0 aliphatic heterocycles. The van der Waals surface area contributed by atoms with Gasteiger partial charge < -0.3 is 9.72 Å². The molecule has 3 rings (SSSR count). The SMILES string of the molecule is CCOc1ccc2nc(SCC(=O)c3ccc(Cl)cc3)[nH]c2c1. The van der Waals surface area contributed by atoms with Crippen LogP contribution >= 0.6 is 23.4 Å². The Hall–Kier alpha value is -1.98. The minimum atomic E-state index is 0.0436. The van der Waals surface area contributed by atoms with Crippen LogP contribution in [0.15, 0.2) is 47.6 Å². The lowest BCUT2D eigenvalue weighted by molar-refractivity contribution is 0.102. The Labute approximate surface area is 143 Å². The quantitative estimate of drug-likeness (QED) is 0.524. The number of carbonyl (C=O) groups excluding carboxylic acids is 1. The van der Waals surface area contributed by atoms with E-state index in [9.17, 15) is 4.79 Å². The van der Waals surface area contributed by atoms with Crippen molar-refractivity contribution in [2.45, 2.75) is 12.1 Å². The summed E-state index contributed by atoms with van der Waals surface area (Å²) in [7, 11) is 0. The van der Waals surface area contributed by atoms with Gasteiger partial charge in [-0.15, -0.1) is 0 Å². The topological polar surface area (TPSA) is 55.0 Å². The van der Waals surface area contributed by atoms with Crippen molar-refractivity contribution in [2.24, 2.45) is 0 Å². The van der Waals surface area contributed by atoms with Crippen LogP contribution in [0.4, 0.5) is 0 Å². The molecule has 0 aliphatic rings. The number of H-pyrrole nitrogens is 1. The number of Topliss-reactive ketones (excluding diaryl/α,β-unsaturated/α-hetero) is 1. The number of ketones is 1. The van der Waals surface area contributed by atoms with Crippen molar-refractivity contribution in [1.82, 2.24) is 9.97 Å².